The van der Waals surface area contributed by atoms with Gasteiger partial charge in [-0.25, -0.2) is 0 Å². The Kier molecular flexibility index (Phi) is 1.27. The van der Waals surface area contributed by atoms with Gasteiger partial charge in [0.05, 0.1) is 6.10 Å². The van der Waals surface area contributed by atoms with Crippen LogP contribution in [0.4, 0.5) is 0 Å². The molecule has 3 aliphatic carbocycles. The minimum absolute atomic E-state index is 0.0196. The molecule has 0 heterocycles. The van der Waals surface area contributed by atoms with Crippen LogP contribution >= 0.6 is 0 Å². The van der Waals surface area contributed by atoms with E-state index in [1.807, 2.05) is 0 Å². The molecule has 2 fully saturated rings. The van der Waals surface area contributed by atoms with Gasteiger partial charge in [-0.15, -0.1) is 0 Å². The second kappa shape index (κ2) is 2.14. The summed E-state index contributed by atoms with van der Waals surface area (Å²) in [6.07, 6.45) is 10.8. The van der Waals surface area contributed by atoms with E-state index < -0.39 is 0 Å². The van der Waals surface area contributed by atoms with E-state index in [1.165, 1.54) is 19.3 Å². The van der Waals surface area contributed by atoms with Crippen LogP contribution in [-0.4, -0.2) is 11.2 Å². The van der Waals surface area contributed by atoms with Gasteiger partial charge in [-0.1, -0.05) is 12.2 Å². The van der Waals surface area contributed by atoms with Crippen LogP contribution in [0.2, 0.25) is 0 Å². The zero-order valence-corrected chi connectivity index (χ0v) is 7.37. The monoisotopic (exact) mass is 164 g/mol. The third-order valence-corrected chi connectivity index (χ3v) is 4.53. The van der Waals surface area contributed by atoms with Crippen LogP contribution in [0.5, 0.6) is 0 Å². The summed E-state index contributed by atoms with van der Waals surface area (Å²) >= 11 is 0. The van der Waals surface area contributed by atoms with Crippen LogP contribution in [0.1, 0.15) is 32.1 Å². The third-order valence-electron chi connectivity index (χ3n) is 4.53. The van der Waals surface area contributed by atoms with Gasteiger partial charge >= 0.3 is 0 Å². The minimum atomic E-state index is 0.0196. The van der Waals surface area contributed by atoms with E-state index in [1.54, 1.807) is 0 Å². The van der Waals surface area contributed by atoms with Crippen molar-refractivity contribution in [2.75, 3.05) is 0 Å². The van der Waals surface area contributed by atoms with Crippen molar-refractivity contribution >= 4 is 0 Å². The molecular weight excluding hydrogens is 148 g/mol. The van der Waals surface area contributed by atoms with Gasteiger partial charge in [0, 0.05) is 5.41 Å². The Bertz CT molecular complexity index is 233. The fourth-order valence-electron chi connectivity index (χ4n) is 3.89. The highest BCUT2D eigenvalue weighted by Gasteiger charge is 2.58. The number of aliphatic hydroxyl groups excluding tert-OH is 1. The van der Waals surface area contributed by atoms with Crippen LogP contribution in [0.25, 0.3) is 0 Å². The molecule has 12 heavy (non-hydrogen) atoms. The molecule has 2 bridgehead atoms. The summed E-state index contributed by atoms with van der Waals surface area (Å²) in [5.41, 5.74) is 0.333. The van der Waals surface area contributed by atoms with E-state index in [2.05, 4.69) is 12.2 Å². The van der Waals surface area contributed by atoms with E-state index in [-0.39, 0.29) is 6.10 Å². The number of aliphatic hydroxyl groups is 1. The molecule has 0 aromatic carbocycles. The first kappa shape index (κ1) is 7.14. The summed E-state index contributed by atoms with van der Waals surface area (Å²) in [5.74, 6) is 1.68. The van der Waals surface area contributed by atoms with Crippen LogP contribution in [0.3, 0.4) is 0 Å². The van der Waals surface area contributed by atoms with Crippen molar-refractivity contribution in [3.63, 3.8) is 0 Å². The predicted octanol–water partition coefficient (Wildman–Crippen LogP) is 2.11. The predicted molar refractivity (Wildman–Crippen MR) is 47.6 cm³/mol. The van der Waals surface area contributed by atoms with E-state index in [4.69, 9.17) is 0 Å². The van der Waals surface area contributed by atoms with Crippen molar-refractivity contribution in [2.45, 2.75) is 38.2 Å². The van der Waals surface area contributed by atoms with Crippen LogP contribution in [0, 0.1) is 17.3 Å². The summed E-state index contributed by atoms with van der Waals surface area (Å²) in [6.45, 7) is 0. The van der Waals surface area contributed by atoms with Crippen molar-refractivity contribution in [1.82, 2.24) is 0 Å². The number of hydrogen-bond donors (Lipinski definition) is 1. The fraction of sp³-hybridized carbons (Fsp3) is 0.818. The molecule has 2 saturated carbocycles. The first-order valence-corrected chi connectivity index (χ1v) is 5.16. The highest BCUT2D eigenvalue weighted by atomic mass is 16.3. The van der Waals surface area contributed by atoms with Gasteiger partial charge in [0.2, 0.25) is 0 Å². The van der Waals surface area contributed by atoms with Crippen molar-refractivity contribution in [3.05, 3.63) is 12.2 Å². The molecule has 0 amide bonds. The van der Waals surface area contributed by atoms with Crippen molar-refractivity contribution in [3.8, 4) is 0 Å². The third kappa shape index (κ3) is 0.646. The van der Waals surface area contributed by atoms with Gasteiger partial charge in [-0.2, -0.15) is 0 Å². The van der Waals surface area contributed by atoms with E-state index in [0.717, 1.165) is 24.7 Å². The van der Waals surface area contributed by atoms with E-state index >= 15 is 0 Å². The maximum atomic E-state index is 9.97. The minimum Gasteiger partial charge on any atom is -0.393 e. The van der Waals surface area contributed by atoms with Gasteiger partial charge in [-0.3, -0.25) is 0 Å². The summed E-state index contributed by atoms with van der Waals surface area (Å²) in [6, 6.07) is 0. The molecule has 0 aromatic rings. The average molecular weight is 164 g/mol. The quantitative estimate of drug-likeness (QED) is 0.544. The maximum absolute atomic E-state index is 9.97. The van der Waals surface area contributed by atoms with Crippen LogP contribution < -0.4 is 0 Å². The molecule has 0 spiro atoms. The molecule has 4 atom stereocenters. The zero-order chi connectivity index (χ0) is 8.18. The van der Waals surface area contributed by atoms with Gasteiger partial charge in [0.25, 0.3) is 0 Å². The lowest BCUT2D eigenvalue weighted by Crippen LogP contribution is -2.34. The second-order valence-corrected chi connectivity index (χ2v) is 4.80. The normalized spacial score (nSPS) is 55.9. The first-order valence-electron chi connectivity index (χ1n) is 5.16. The molecule has 1 nitrogen and oxygen atoms in total. The lowest BCUT2D eigenvalue weighted by molar-refractivity contribution is 0.0225. The van der Waals surface area contributed by atoms with Crippen LogP contribution in [0.15, 0.2) is 12.2 Å². The first-order chi connectivity index (χ1) is 5.83. The molecule has 1 N–H and O–H groups in total. The summed E-state index contributed by atoms with van der Waals surface area (Å²) in [5, 5.41) is 9.97. The second-order valence-electron chi connectivity index (χ2n) is 4.80. The number of hydrogen-bond acceptors (Lipinski definition) is 1. The molecule has 4 unspecified atom stereocenters. The van der Waals surface area contributed by atoms with Gasteiger partial charge in [0.15, 0.2) is 0 Å². The molecule has 0 aliphatic heterocycles. The molecule has 0 aromatic heterocycles. The molecule has 66 valence electrons. The zero-order valence-electron chi connectivity index (χ0n) is 7.37. The summed E-state index contributed by atoms with van der Waals surface area (Å²) in [7, 11) is 0. The SMILES string of the molecule is OC1CC2CCC13CC=CCC23. The van der Waals surface area contributed by atoms with Crippen molar-refractivity contribution in [1.29, 1.82) is 0 Å². The van der Waals surface area contributed by atoms with E-state index in [0.29, 0.717) is 5.41 Å². The molecule has 1 heteroatoms. The lowest BCUT2D eigenvalue weighted by atomic mass is 9.71. The van der Waals surface area contributed by atoms with Gasteiger partial charge in [0.1, 0.15) is 0 Å². The van der Waals surface area contributed by atoms with Crippen molar-refractivity contribution < 1.29 is 5.11 Å². The maximum Gasteiger partial charge on any atom is 0.0605 e. The Labute approximate surface area is 73.5 Å². The van der Waals surface area contributed by atoms with Crippen molar-refractivity contribution in [2.24, 2.45) is 17.3 Å². The average Bonchev–Trinajstić information content (AvgIpc) is 2.57. The Morgan fingerprint density at radius 1 is 1.33 bits per heavy atom. The molecule has 3 rings (SSSR count). The highest BCUT2D eigenvalue weighted by Crippen LogP contribution is 2.62. The Morgan fingerprint density at radius 2 is 2.25 bits per heavy atom. The highest BCUT2D eigenvalue weighted by molar-refractivity contribution is 5.14. The topological polar surface area (TPSA) is 20.2 Å². The van der Waals surface area contributed by atoms with Gasteiger partial charge in [-0.05, 0) is 43.9 Å². The Balaban J connectivity index is 2.03. The van der Waals surface area contributed by atoms with Gasteiger partial charge < -0.3 is 5.11 Å². The lowest BCUT2D eigenvalue weighted by Gasteiger charge is -2.36. The van der Waals surface area contributed by atoms with Crippen LogP contribution in [-0.2, 0) is 0 Å². The smallest absolute Gasteiger partial charge is 0.0605 e. The molecule has 0 radical (unpaired) electrons. The summed E-state index contributed by atoms with van der Waals surface area (Å²) in [4.78, 5) is 0. The molecule has 3 aliphatic rings. The standard InChI is InChI=1S/C11H16O/c12-10-7-8-4-6-11(10)5-2-1-3-9(8)11/h1-2,8-10,12H,3-7H2. The largest absolute Gasteiger partial charge is 0.393 e. The molecule has 0 saturated heterocycles. The summed E-state index contributed by atoms with van der Waals surface area (Å²) < 4.78 is 0. The van der Waals surface area contributed by atoms with E-state index in [9.17, 15) is 5.11 Å². The Morgan fingerprint density at radius 3 is 3.00 bits per heavy atom. The Hall–Kier alpha value is -0.300. The molecular formula is C11H16O. The fourth-order valence-corrected chi connectivity index (χ4v) is 3.89. The number of allylic oxidation sites excluding steroid dienone is 2. The number of rotatable bonds is 0.